The minimum atomic E-state index is 1.20. The van der Waals surface area contributed by atoms with E-state index in [0.717, 1.165) is 0 Å². The average Bonchev–Trinajstić information content (AvgIpc) is 4.12. The monoisotopic (exact) mass is 846 g/mol. The van der Waals surface area contributed by atoms with Crippen LogP contribution < -0.4 is 0 Å². The van der Waals surface area contributed by atoms with E-state index in [1.54, 1.807) is 0 Å². The molecule has 0 fully saturated rings. The molecule has 0 aliphatic carbocycles. The topological polar surface area (TPSA) is 18.7 Å². The lowest BCUT2D eigenvalue weighted by Gasteiger charge is -2.13. The highest BCUT2D eigenvalue weighted by Gasteiger charge is 2.30. The van der Waals surface area contributed by atoms with Crippen LogP contribution in [0.2, 0.25) is 0 Å². The third-order valence-corrected chi connectivity index (χ3v) is 15.5. The van der Waals surface area contributed by atoms with Crippen LogP contribution in [0.4, 0.5) is 0 Å². The second-order valence-electron chi connectivity index (χ2n) is 19.9. The first-order chi connectivity index (χ1) is 32.0. The normalized spacial score (nSPS) is 12.8. The molecule has 0 amide bonds. The zero-order chi connectivity index (χ0) is 44.3. The summed E-state index contributed by atoms with van der Waals surface area (Å²) in [6.07, 6.45) is 0. The van der Waals surface area contributed by atoms with Gasteiger partial charge >= 0.3 is 0 Å². The van der Waals surface area contributed by atoms with Crippen LogP contribution >= 0.6 is 0 Å². The molecule has 314 valence electrons. The minimum Gasteiger partial charge on any atom is -0.309 e. The van der Waals surface area contributed by atoms with Gasteiger partial charge in [0.2, 0.25) is 0 Å². The fourth-order valence-corrected chi connectivity index (χ4v) is 13.4. The highest BCUT2D eigenvalue weighted by atomic mass is 15.0. The standard InChI is InChI=1S/C62H46N4/c1-31-21-35(5)57-43(25-31)44-26-32(2)22-36(6)58(44)63(57)39-17-19-51-47(29-39)55-53-41-13-9-12-16-50(41)66-52-20-18-40(30-48(52)56(62(53)66)54-42-14-10-11-15-49(42)65(51)61(54)55)64-59-37(7)23-33(3)27-45(59)46-28-34(4)24-38(8)60(46)64/h9-30H,1-8H3. The second-order valence-corrected chi connectivity index (χ2v) is 19.9. The number of nitrogens with zero attached hydrogens (tertiary/aromatic N) is 4. The molecule has 0 saturated heterocycles. The fraction of sp³-hybridized carbons (Fsp3) is 0.129. The minimum absolute atomic E-state index is 1.20. The maximum Gasteiger partial charge on any atom is 0.0634 e. The van der Waals surface area contributed by atoms with Gasteiger partial charge in [0.05, 0.1) is 55.2 Å². The summed E-state index contributed by atoms with van der Waals surface area (Å²) in [4.78, 5) is 0. The van der Waals surface area contributed by atoms with E-state index in [1.807, 2.05) is 0 Å². The van der Waals surface area contributed by atoms with Gasteiger partial charge in [-0.3, -0.25) is 0 Å². The second kappa shape index (κ2) is 12.1. The summed E-state index contributed by atoms with van der Waals surface area (Å²) < 4.78 is 10.3. The Morgan fingerprint density at radius 3 is 0.909 bits per heavy atom. The van der Waals surface area contributed by atoms with Gasteiger partial charge in [-0.1, -0.05) is 82.9 Å². The molecular formula is C62H46N4. The maximum absolute atomic E-state index is 2.59. The van der Waals surface area contributed by atoms with Crippen molar-refractivity contribution in [1.29, 1.82) is 0 Å². The molecule has 4 nitrogen and oxygen atoms in total. The van der Waals surface area contributed by atoms with Crippen LogP contribution in [0.1, 0.15) is 44.5 Å². The SMILES string of the molecule is Cc1cc(C)c2c(c1)c1cc(C)cc(C)c1n2-c1ccc2c(c1)c1c3c4ccccc4n4c5ccc(-n6c7c(C)cc(C)cc7c7cc(C)cc(C)c76)cc5c(c5c6ccccc6n2c51)c34. The summed E-state index contributed by atoms with van der Waals surface area (Å²) >= 11 is 0. The summed E-state index contributed by atoms with van der Waals surface area (Å²) in [6.45, 7) is 18.0. The van der Waals surface area contributed by atoms with Crippen molar-refractivity contribution < 1.29 is 0 Å². The number of aryl methyl sites for hydroxylation is 8. The van der Waals surface area contributed by atoms with Crippen LogP contribution in [-0.4, -0.2) is 17.9 Å². The van der Waals surface area contributed by atoms with Gasteiger partial charge in [0.1, 0.15) is 0 Å². The van der Waals surface area contributed by atoms with E-state index in [1.165, 1.54) is 176 Å². The van der Waals surface area contributed by atoms with Crippen molar-refractivity contribution in [2.45, 2.75) is 55.4 Å². The molecule has 0 unspecified atom stereocenters. The maximum atomic E-state index is 2.59. The molecule has 66 heavy (non-hydrogen) atoms. The third-order valence-electron chi connectivity index (χ3n) is 15.5. The molecular weight excluding hydrogens is 801 g/mol. The van der Waals surface area contributed by atoms with E-state index in [2.05, 4.69) is 207 Å². The molecule has 4 heteroatoms. The zero-order valence-corrected chi connectivity index (χ0v) is 38.5. The number of hydrogen-bond donors (Lipinski definition) is 0. The number of rotatable bonds is 2. The Hall–Kier alpha value is -7.82. The van der Waals surface area contributed by atoms with E-state index in [9.17, 15) is 0 Å². The van der Waals surface area contributed by atoms with Crippen LogP contribution in [0, 0.1) is 55.4 Å². The Bertz CT molecular complexity index is 4280. The molecule has 0 saturated carbocycles. The van der Waals surface area contributed by atoms with Crippen molar-refractivity contribution in [2.75, 3.05) is 0 Å². The number of hydrogen-bond acceptors (Lipinski definition) is 0. The molecule has 15 rings (SSSR count). The number of aromatic nitrogens is 4. The fourth-order valence-electron chi connectivity index (χ4n) is 13.4. The number of fused-ring (bicyclic) bond motifs is 20. The highest BCUT2D eigenvalue weighted by molar-refractivity contribution is 6.45. The zero-order valence-electron chi connectivity index (χ0n) is 38.5. The van der Waals surface area contributed by atoms with Crippen molar-refractivity contribution in [1.82, 2.24) is 17.9 Å². The molecule has 0 bridgehead atoms. The summed E-state index contributed by atoms with van der Waals surface area (Å²) in [5, 5.41) is 15.8. The van der Waals surface area contributed by atoms with Crippen molar-refractivity contribution in [3.8, 4) is 11.4 Å². The van der Waals surface area contributed by atoms with Crippen molar-refractivity contribution in [2.24, 2.45) is 0 Å². The first kappa shape index (κ1) is 36.5. The lowest BCUT2D eigenvalue weighted by Crippen LogP contribution is -1.97. The summed E-state index contributed by atoms with van der Waals surface area (Å²) in [5.41, 5.74) is 25.5. The van der Waals surface area contributed by atoms with Crippen molar-refractivity contribution in [3.63, 3.8) is 0 Å². The molecule has 6 aromatic heterocycles. The molecule has 6 heterocycles. The van der Waals surface area contributed by atoms with E-state index in [0.29, 0.717) is 0 Å². The molecule has 0 aliphatic heterocycles. The van der Waals surface area contributed by atoms with Crippen LogP contribution in [0.25, 0.3) is 131 Å². The van der Waals surface area contributed by atoms with Gasteiger partial charge in [-0.2, -0.15) is 0 Å². The van der Waals surface area contributed by atoms with E-state index < -0.39 is 0 Å². The Labute approximate surface area is 380 Å². The molecule has 15 aromatic rings. The van der Waals surface area contributed by atoms with Gasteiger partial charge in [0.15, 0.2) is 0 Å². The summed E-state index contributed by atoms with van der Waals surface area (Å²) in [7, 11) is 0. The van der Waals surface area contributed by atoms with E-state index in [-0.39, 0.29) is 0 Å². The van der Waals surface area contributed by atoms with E-state index in [4.69, 9.17) is 0 Å². The van der Waals surface area contributed by atoms with Gasteiger partial charge in [0.25, 0.3) is 0 Å². The molecule has 0 N–H and O–H groups in total. The average molecular weight is 847 g/mol. The van der Waals surface area contributed by atoms with Gasteiger partial charge in [0, 0.05) is 76.0 Å². The van der Waals surface area contributed by atoms with Crippen LogP contribution in [-0.2, 0) is 0 Å². The lowest BCUT2D eigenvalue weighted by molar-refractivity contribution is 1.16. The molecule has 0 spiro atoms. The summed E-state index contributed by atoms with van der Waals surface area (Å²) in [6, 6.07) is 51.7. The van der Waals surface area contributed by atoms with Crippen molar-refractivity contribution >= 4 is 120 Å². The number of para-hydroxylation sites is 2. The first-order valence-corrected chi connectivity index (χ1v) is 23.4. The Balaban J connectivity index is 1.13. The van der Waals surface area contributed by atoms with Crippen molar-refractivity contribution in [3.05, 3.63) is 178 Å². The predicted octanol–water partition coefficient (Wildman–Crippen LogP) is 16.6. The Morgan fingerprint density at radius 2 is 0.561 bits per heavy atom. The Kier molecular flexibility index (Phi) is 6.69. The highest BCUT2D eigenvalue weighted by Crippen LogP contribution is 2.53. The van der Waals surface area contributed by atoms with Gasteiger partial charge in [-0.25, -0.2) is 0 Å². The van der Waals surface area contributed by atoms with Gasteiger partial charge in [-0.15, -0.1) is 0 Å². The molecule has 0 aliphatic rings. The first-order valence-electron chi connectivity index (χ1n) is 23.4. The molecule has 0 atom stereocenters. The van der Waals surface area contributed by atoms with Gasteiger partial charge in [-0.05, 0) is 150 Å². The molecule has 0 radical (unpaired) electrons. The van der Waals surface area contributed by atoms with E-state index >= 15 is 0 Å². The smallest absolute Gasteiger partial charge is 0.0634 e. The lowest BCUT2D eigenvalue weighted by atomic mass is 9.97. The predicted molar refractivity (Wildman–Crippen MR) is 282 cm³/mol. The number of benzene rings is 9. The van der Waals surface area contributed by atoms with Gasteiger partial charge < -0.3 is 17.9 Å². The van der Waals surface area contributed by atoms with Crippen LogP contribution in [0.3, 0.4) is 0 Å². The third kappa shape index (κ3) is 4.27. The van der Waals surface area contributed by atoms with Crippen LogP contribution in [0.15, 0.2) is 133 Å². The Morgan fingerprint density at radius 1 is 0.258 bits per heavy atom. The largest absolute Gasteiger partial charge is 0.309 e. The van der Waals surface area contributed by atoms with Crippen LogP contribution in [0.5, 0.6) is 0 Å². The quantitative estimate of drug-likeness (QED) is 0.165. The molecule has 9 aromatic carbocycles. The summed E-state index contributed by atoms with van der Waals surface area (Å²) in [5.74, 6) is 0.